The van der Waals surface area contributed by atoms with Crippen molar-refractivity contribution in [1.29, 1.82) is 0 Å². The summed E-state index contributed by atoms with van der Waals surface area (Å²) in [7, 11) is 0. The maximum absolute atomic E-state index is 11.5. The van der Waals surface area contributed by atoms with Crippen molar-refractivity contribution < 1.29 is 14.8 Å². The number of nitrogens with zero attached hydrogens (tertiary/aromatic N) is 1. The van der Waals surface area contributed by atoms with Gasteiger partial charge in [-0.3, -0.25) is 10.1 Å². The SMILES string of the molecule is O=C([O-])c1cccc2c1NC(c1cccc([N+](=O)[O-])c1)C1CC=CC21. The van der Waals surface area contributed by atoms with E-state index in [1.807, 2.05) is 12.1 Å². The van der Waals surface area contributed by atoms with Gasteiger partial charge in [-0.2, -0.15) is 0 Å². The van der Waals surface area contributed by atoms with Crippen LogP contribution in [0.25, 0.3) is 0 Å². The molecule has 126 valence electrons. The Morgan fingerprint density at radius 2 is 2.00 bits per heavy atom. The molecule has 0 aromatic heterocycles. The normalized spacial score (nSPS) is 23.4. The summed E-state index contributed by atoms with van der Waals surface area (Å²) in [5.74, 6) is -0.964. The van der Waals surface area contributed by atoms with Gasteiger partial charge in [0.2, 0.25) is 0 Å². The molecule has 2 aromatic carbocycles. The molecule has 6 nitrogen and oxygen atoms in total. The Bertz CT molecular complexity index is 906. The number of non-ortho nitro benzene ring substituents is 1. The molecule has 2 aromatic rings. The molecule has 0 spiro atoms. The smallest absolute Gasteiger partial charge is 0.269 e. The molecule has 4 rings (SSSR count). The molecule has 0 amide bonds. The molecule has 3 atom stereocenters. The van der Waals surface area contributed by atoms with Crippen LogP contribution in [0.5, 0.6) is 0 Å². The van der Waals surface area contributed by atoms with Crippen molar-refractivity contribution in [1.82, 2.24) is 0 Å². The van der Waals surface area contributed by atoms with Crippen molar-refractivity contribution in [3.8, 4) is 0 Å². The zero-order valence-electron chi connectivity index (χ0n) is 13.2. The molecule has 0 saturated carbocycles. The van der Waals surface area contributed by atoms with Crippen LogP contribution in [0.4, 0.5) is 11.4 Å². The van der Waals surface area contributed by atoms with Gasteiger partial charge >= 0.3 is 0 Å². The van der Waals surface area contributed by atoms with Crippen molar-refractivity contribution in [3.05, 3.63) is 81.4 Å². The fourth-order valence-corrected chi connectivity index (χ4v) is 3.95. The van der Waals surface area contributed by atoms with Gasteiger partial charge in [0, 0.05) is 29.3 Å². The van der Waals surface area contributed by atoms with Crippen LogP contribution in [0.15, 0.2) is 54.6 Å². The minimum Gasteiger partial charge on any atom is -0.545 e. The number of hydrogen-bond acceptors (Lipinski definition) is 5. The first-order valence-corrected chi connectivity index (χ1v) is 8.08. The first kappa shape index (κ1) is 15.4. The number of carboxylic acid groups (broad SMARTS) is 1. The number of aromatic carboxylic acids is 1. The fraction of sp³-hybridized carbons (Fsp3) is 0.211. The number of allylic oxidation sites excluding steroid dienone is 2. The predicted octanol–water partition coefficient (Wildman–Crippen LogP) is 2.78. The Kier molecular flexibility index (Phi) is 3.53. The summed E-state index contributed by atoms with van der Waals surface area (Å²) in [6.45, 7) is 0. The van der Waals surface area contributed by atoms with Crippen LogP contribution in [0, 0.1) is 16.0 Å². The first-order chi connectivity index (χ1) is 12.1. The fourth-order valence-electron chi connectivity index (χ4n) is 3.95. The molecule has 3 unspecified atom stereocenters. The van der Waals surface area contributed by atoms with Crippen molar-refractivity contribution >= 4 is 17.3 Å². The lowest BCUT2D eigenvalue weighted by Gasteiger charge is -2.38. The molecule has 1 aliphatic heterocycles. The van der Waals surface area contributed by atoms with E-state index in [-0.39, 0.29) is 29.1 Å². The molecule has 6 heteroatoms. The molecule has 25 heavy (non-hydrogen) atoms. The molecule has 2 aliphatic rings. The number of nitrogens with one attached hydrogen (secondary N) is 1. The van der Waals surface area contributed by atoms with E-state index in [4.69, 9.17) is 0 Å². The van der Waals surface area contributed by atoms with Crippen LogP contribution >= 0.6 is 0 Å². The van der Waals surface area contributed by atoms with Crippen LogP contribution in [-0.4, -0.2) is 10.9 Å². The number of anilines is 1. The molecule has 1 N–H and O–H groups in total. The quantitative estimate of drug-likeness (QED) is 0.529. The average Bonchev–Trinajstić information content (AvgIpc) is 3.10. The Morgan fingerprint density at radius 3 is 2.76 bits per heavy atom. The summed E-state index contributed by atoms with van der Waals surface area (Å²) in [6, 6.07) is 11.5. The van der Waals surface area contributed by atoms with Crippen LogP contribution in [0.2, 0.25) is 0 Å². The number of carboxylic acids is 1. The van der Waals surface area contributed by atoms with E-state index < -0.39 is 10.9 Å². The number of para-hydroxylation sites is 1. The summed E-state index contributed by atoms with van der Waals surface area (Å²) in [6.07, 6.45) is 5.01. The Morgan fingerprint density at radius 1 is 1.20 bits per heavy atom. The van der Waals surface area contributed by atoms with Crippen LogP contribution in [0.3, 0.4) is 0 Å². The number of nitro groups is 1. The van der Waals surface area contributed by atoms with Gasteiger partial charge in [-0.25, -0.2) is 0 Å². The zero-order chi connectivity index (χ0) is 17.6. The molecule has 1 heterocycles. The number of benzene rings is 2. The van der Waals surface area contributed by atoms with Gasteiger partial charge in [0.15, 0.2) is 0 Å². The third-order valence-electron chi connectivity index (χ3n) is 5.06. The Labute approximate surface area is 144 Å². The van der Waals surface area contributed by atoms with Gasteiger partial charge in [0.1, 0.15) is 0 Å². The number of carbonyl (C=O) groups is 1. The van der Waals surface area contributed by atoms with Gasteiger partial charge in [-0.1, -0.05) is 42.5 Å². The molecule has 1 aliphatic carbocycles. The van der Waals surface area contributed by atoms with Gasteiger partial charge in [0.05, 0.1) is 16.9 Å². The number of carbonyl (C=O) groups excluding carboxylic acids is 1. The second-order valence-electron chi connectivity index (χ2n) is 6.38. The maximum Gasteiger partial charge on any atom is 0.269 e. The molecule has 0 saturated heterocycles. The minimum atomic E-state index is -1.23. The van der Waals surface area contributed by atoms with E-state index in [0.29, 0.717) is 5.69 Å². The van der Waals surface area contributed by atoms with Crippen molar-refractivity contribution in [2.45, 2.75) is 18.4 Å². The second-order valence-corrected chi connectivity index (χ2v) is 6.38. The van der Waals surface area contributed by atoms with Gasteiger partial charge in [-0.15, -0.1) is 0 Å². The van der Waals surface area contributed by atoms with Crippen LogP contribution < -0.4 is 10.4 Å². The van der Waals surface area contributed by atoms with E-state index >= 15 is 0 Å². The van der Waals surface area contributed by atoms with Crippen LogP contribution in [-0.2, 0) is 0 Å². The van der Waals surface area contributed by atoms with Crippen LogP contribution in [0.1, 0.15) is 39.9 Å². The zero-order valence-corrected chi connectivity index (χ0v) is 13.2. The van der Waals surface area contributed by atoms with Gasteiger partial charge < -0.3 is 15.2 Å². The summed E-state index contributed by atoms with van der Waals surface area (Å²) < 4.78 is 0. The lowest BCUT2D eigenvalue weighted by atomic mass is 9.76. The second kappa shape index (κ2) is 5.73. The van der Waals surface area contributed by atoms with E-state index in [0.717, 1.165) is 17.5 Å². The van der Waals surface area contributed by atoms with E-state index in [9.17, 15) is 20.0 Å². The molecule has 0 bridgehead atoms. The summed E-state index contributed by atoms with van der Waals surface area (Å²) in [5, 5.41) is 25.9. The average molecular weight is 335 g/mol. The highest BCUT2D eigenvalue weighted by Crippen LogP contribution is 2.50. The third-order valence-corrected chi connectivity index (χ3v) is 5.06. The van der Waals surface area contributed by atoms with Crippen molar-refractivity contribution in [2.75, 3.05) is 5.32 Å². The van der Waals surface area contributed by atoms with E-state index in [1.54, 1.807) is 18.2 Å². The third kappa shape index (κ3) is 2.46. The highest BCUT2D eigenvalue weighted by molar-refractivity contribution is 5.94. The number of rotatable bonds is 3. The van der Waals surface area contributed by atoms with Crippen molar-refractivity contribution in [3.63, 3.8) is 0 Å². The Hall–Kier alpha value is -3.15. The number of hydrogen-bond donors (Lipinski definition) is 1. The lowest BCUT2D eigenvalue weighted by Crippen LogP contribution is -2.32. The molecular formula is C19H15N2O4-. The largest absolute Gasteiger partial charge is 0.545 e. The monoisotopic (exact) mass is 335 g/mol. The summed E-state index contributed by atoms with van der Waals surface area (Å²) in [4.78, 5) is 22.2. The highest BCUT2D eigenvalue weighted by atomic mass is 16.6. The summed E-state index contributed by atoms with van der Waals surface area (Å²) >= 11 is 0. The van der Waals surface area contributed by atoms with E-state index in [2.05, 4.69) is 17.5 Å². The summed E-state index contributed by atoms with van der Waals surface area (Å²) in [5.41, 5.74) is 2.41. The topological polar surface area (TPSA) is 95.3 Å². The maximum atomic E-state index is 11.5. The number of nitro benzene ring substituents is 1. The first-order valence-electron chi connectivity index (χ1n) is 8.08. The Balaban J connectivity index is 1.83. The predicted molar refractivity (Wildman–Crippen MR) is 90.2 cm³/mol. The van der Waals surface area contributed by atoms with Gasteiger partial charge in [-0.05, 0) is 23.5 Å². The molecule has 0 fully saturated rings. The van der Waals surface area contributed by atoms with Crippen molar-refractivity contribution in [2.24, 2.45) is 5.92 Å². The number of fused-ring (bicyclic) bond motifs is 3. The molecular weight excluding hydrogens is 320 g/mol. The standard InChI is InChI=1S/C19H16N2O4/c22-19(23)16-9-3-8-15-13-6-2-7-14(13)17(20-18(15)16)11-4-1-5-12(10-11)21(24)25/h1-6,8-10,13-14,17,20H,7H2,(H,22,23)/p-1. The minimum absolute atomic E-state index is 0.0285. The van der Waals surface area contributed by atoms with Gasteiger partial charge in [0.25, 0.3) is 5.69 Å². The van der Waals surface area contributed by atoms with E-state index in [1.165, 1.54) is 12.1 Å². The lowest BCUT2D eigenvalue weighted by molar-refractivity contribution is -0.384. The highest BCUT2D eigenvalue weighted by Gasteiger charge is 2.39. The molecule has 0 radical (unpaired) electrons.